The van der Waals surface area contributed by atoms with Gasteiger partial charge in [0.1, 0.15) is 0 Å². The third-order valence-corrected chi connectivity index (χ3v) is 3.34. The number of hydrogen-bond donors (Lipinski definition) is 0. The van der Waals surface area contributed by atoms with Crippen LogP contribution in [-0.4, -0.2) is 9.97 Å². The van der Waals surface area contributed by atoms with Crippen molar-refractivity contribution in [2.45, 2.75) is 12.8 Å². The number of nitrogens with zero attached hydrogens (tertiary/aromatic N) is 2. The van der Waals surface area contributed by atoms with Crippen molar-refractivity contribution in [3.63, 3.8) is 0 Å². The summed E-state index contributed by atoms with van der Waals surface area (Å²) in [4.78, 5) is 9.09. The van der Waals surface area contributed by atoms with E-state index in [1.165, 1.54) is 0 Å². The van der Waals surface area contributed by atoms with Gasteiger partial charge in [-0.3, -0.25) is 9.97 Å². The van der Waals surface area contributed by atoms with Crippen molar-refractivity contribution in [2.75, 3.05) is 0 Å². The maximum absolute atomic E-state index is 4.74. The molecule has 1 radical (unpaired) electrons. The molecule has 2 heterocycles. The molecule has 20 heavy (non-hydrogen) atoms. The monoisotopic (exact) mass is 259 g/mol. The van der Waals surface area contributed by atoms with Crippen LogP contribution in [0.15, 0.2) is 66.9 Å². The van der Waals surface area contributed by atoms with E-state index in [1.807, 2.05) is 48.5 Å². The van der Waals surface area contributed by atoms with Gasteiger partial charge < -0.3 is 0 Å². The Labute approximate surface area is 119 Å². The zero-order valence-electron chi connectivity index (χ0n) is 11.3. The predicted molar refractivity (Wildman–Crippen MR) is 80.3 cm³/mol. The van der Waals surface area contributed by atoms with Crippen molar-refractivity contribution in [1.29, 1.82) is 0 Å². The fourth-order valence-corrected chi connectivity index (χ4v) is 2.19. The molecule has 3 aromatic rings. The highest BCUT2D eigenvalue weighted by atomic mass is 14.8. The van der Waals surface area contributed by atoms with Gasteiger partial charge in [0, 0.05) is 17.8 Å². The van der Waals surface area contributed by atoms with Crippen molar-refractivity contribution in [3.8, 4) is 11.4 Å². The summed E-state index contributed by atoms with van der Waals surface area (Å²) in [5.74, 6) is 0.222. The van der Waals surface area contributed by atoms with Crippen LogP contribution in [0.25, 0.3) is 11.4 Å². The first-order chi connectivity index (χ1) is 9.84. The average Bonchev–Trinajstić information content (AvgIpc) is 2.56. The summed E-state index contributed by atoms with van der Waals surface area (Å²) in [5.41, 5.74) is 4.00. The first-order valence-corrected chi connectivity index (χ1v) is 6.69. The number of aromatic nitrogens is 2. The van der Waals surface area contributed by atoms with E-state index < -0.39 is 0 Å². The fraction of sp³-hybridized carbons (Fsp3) is 0.111. The van der Waals surface area contributed by atoms with Crippen LogP contribution in [0.4, 0.5) is 0 Å². The Morgan fingerprint density at radius 2 is 1.75 bits per heavy atom. The lowest BCUT2D eigenvalue weighted by Gasteiger charge is -2.12. The van der Waals surface area contributed by atoms with E-state index in [-0.39, 0.29) is 5.92 Å². The Morgan fingerprint density at radius 3 is 2.50 bits per heavy atom. The summed E-state index contributed by atoms with van der Waals surface area (Å²) < 4.78 is 0. The lowest BCUT2D eigenvalue weighted by Crippen LogP contribution is -2.00. The molecule has 0 saturated carbocycles. The lowest BCUT2D eigenvalue weighted by atomic mass is 9.97. The third-order valence-electron chi connectivity index (χ3n) is 3.34. The molecular formula is C18H15N2. The predicted octanol–water partition coefficient (Wildman–Crippen LogP) is 4.10. The van der Waals surface area contributed by atoms with E-state index in [0.29, 0.717) is 0 Å². The molecule has 0 spiro atoms. The molecule has 1 atom stereocenters. The number of hydrogen-bond acceptors (Lipinski definition) is 2. The molecule has 0 N–H and O–H groups in total. The van der Waals surface area contributed by atoms with Crippen LogP contribution in [0.5, 0.6) is 0 Å². The van der Waals surface area contributed by atoms with Crippen LogP contribution in [0.1, 0.15) is 24.1 Å². The molecule has 0 saturated heterocycles. The molecule has 0 fully saturated rings. The van der Waals surface area contributed by atoms with Gasteiger partial charge in [-0.1, -0.05) is 43.3 Å². The van der Waals surface area contributed by atoms with Crippen molar-refractivity contribution in [2.24, 2.45) is 0 Å². The molecule has 2 heteroatoms. The van der Waals surface area contributed by atoms with Gasteiger partial charge in [-0.05, 0) is 35.9 Å². The van der Waals surface area contributed by atoms with Gasteiger partial charge in [0.2, 0.25) is 0 Å². The maximum atomic E-state index is 4.74. The quantitative estimate of drug-likeness (QED) is 0.707. The molecule has 0 aliphatic carbocycles. The van der Waals surface area contributed by atoms with E-state index in [0.717, 1.165) is 22.6 Å². The first-order valence-electron chi connectivity index (χ1n) is 6.69. The van der Waals surface area contributed by atoms with E-state index >= 15 is 0 Å². The Balaban J connectivity index is 1.96. The summed E-state index contributed by atoms with van der Waals surface area (Å²) in [5, 5.41) is 0. The van der Waals surface area contributed by atoms with Crippen LogP contribution < -0.4 is 0 Å². The smallest absolute Gasteiger partial charge is 0.0889 e. The second-order valence-corrected chi connectivity index (χ2v) is 4.70. The Morgan fingerprint density at radius 1 is 0.900 bits per heavy atom. The van der Waals surface area contributed by atoms with Crippen molar-refractivity contribution in [1.82, 2.24) is 9.97 Å². The standard InChI is InChI=1S/C18H15N2/c1-14(15-8-3-2-4-9-15)16-11-7-12-18(20-16)17-10-5-6-13-19-17/h2-8,10-14H,1H3. The van der Waals surface area contributed by atoms with E-state index in [9.17, 15) is 0 Å². The molecule has 0 bridgehead atoms. The highest BCUT2D eigenvalue weighted by molar-refractivity contribution is 5.54. The van der Waals surface area contributed by atoms with Gasteiger partial charge in [0.05, 0.1) is 11.4 Å². The first kappa shape index (κ1) is 12.5. The van der Waals surface area contributed by atoms with Crippen LogP contribution in [0.3, 0.4) is 0 Å². The molecule has 0 aliphatic heterocycles. The molecule has 2 aromatic heterocycles. The van der Waals surface area contributed by atoms with Crippen LogP contribution in [0, 0.1) is 6.07 Å². The van der Waals surface area contributed by atoms with Gasteiger partial charge in [-0.2, -0.15) is 0 Å². The lowest BCUT2D eigenvalue weighted by molar-refractivity contribution is 0.871. The largest absolute Gasteiger partial charge is 0.255 e. The number of rotatable bonds is 3. The summed E-state index contributed by atoms with van der Waals surface area (Å²) in [6, 6.07) is 23.3. The van der Waals surface area contributed by atoms with Crippen LogP contribution >= 0.6 is 0 Å². The molecule has 1 unspecified atom stereocenters. The van der Waals surface area contributed by atoms with Crippen molar-refractivity contribution >= 4 is 0 Å². The molecule has 97 valence electrons. The van der Waals surface area contributed by atoms with Crippen LogP contribution in [-0.2, 0) is 0 Å². The molecule has 2 nitrogen and oxygen atoms in total. The van der Waals surface area contributed by atoms with E-state index in [1.54, 1.807) is 6.20 Å². The van der Waals surface area contributed by atoms with Gasteiger partial charge in [-0.15, -0.1) is 0 Å². The maximum Gasteiger partial charge on any atom is 0.0889 e. The summed E-state index contributed by atoms with van der Waals surface area (Å²) >= 11 is 0. The highest BCUT2D eigenvalue weighted by Crippen LogP contribution is 2.24. The molecule has 0 aliphatic rings. The SMILES string of the molecule is CC(c1[c]cccc1)c1cccc(-c2ccccn2)n1. The number of pyridine rings is 2. The van der Waals surface area contributed by atoms with Gasteiger partial charge in [-0.25, -0.2) is 0 Å². The van der Waals surface area contributed by atoms with E-state index in [4.69, 9.17) is 4.98 Å². The Kier molecular flexibility index (Phi) is 3.55. The minimum absolute atomic E-state index is 0.222. The topological polar surface area (TPSA) is 25.8 Å². The van der Waals surface area contributed by atoms with Gasteiger partial charge >= 0.3 is 0 Å². The summed E-state index contributed by atoms with van der Waals surface area (Å²) in [7, 11) is 0. The molecule has 0 amide bonds. The van der Waals surface area contributed by atoms with Gasteiger partial charge in [0.15, 0.2) is 0 Å². The highest BCUT2D eigenvalue weighted by Gasteiger charge is 2.11. The van der Waals surface area contributed by atoms with E-state index in [2.05, 4.69) is 30.1 Å². The second kappa shape index (κ2) is 5.66. The zero-order valence-corrected chi connectivity index (χ0v) is 11.3. The Bertz CT molecular complexity index is 678. The normalized spacial score (nSPS) is 12.1. The third kappa shape index (κ3) is 2.59. The summed E-state index contributed by atoms with van der Waals surface area (Å²) in [6.07, 6.45) is 1.79. The number of benzene rings is 1. The minimum atomic E-state index is 0.222. The minimum Gasteiger partial charge on any atom is -0.255 e. The average molecular weight is 259 g/mol. The fourth-order valence-electron chi connectivity index (χ4n) is 2.19. The Hall–Kier alpha value is -2.48. The molecule has 3 rings (SSSR count). The second-order valence-electron chi connectivity index (χ2n) is 4.70. The summed E-state index contributed by atoms with van der Waals surface area (Å²) in [6.45, 7) is 2.15. The van der Waals surface area contributed by atoms with Crippen molar-refractivity contribution < 1.29 is 0 Å². The van der Waals surface area contributed by atoms with Crippen LogP contribution in [0.2, 0.25) is 0 Å². The molecule has 1 aromatic carbocycles. The van der Waals surface area contributed by atoms with Gasteiger partial charge in [0.25, 0.3) is 0 Å². The zero-order chi connectivity index (χ0) is 13.8. The molecular weight excluding hydrogens is 244 g/mol. The van der Waals surface area contributed by atoms with Crippen molar-refractivity contribution in [3.05, 3.63) is 84.2 Å².